The number of aryl methyl sites for hydroxylation is 1. The van der Waals surface area contributed by atoms with Crippen LogP contribution in [-0.2, 0) is 20.9 Å². The van der Waals surface area contributed by atoms with Crippen LogP contribution in [-0.4, -0.2) is 59.7 Å². The quantitative estimate of drug-likeness (QED) is 0.290. The van der Waals surface area contributed by atoms with Crippen molar-refractivity contribution in [2.45, 2.75) is 24.5 Å². The summed E-state index contributed by atoms with van der Waals surface area (Å²) < 4.78 is 23.6. The Morgan fingerprint density at radius 3 is 2.83 bits per heavy atom. The number of nitrogens with zero attached hydrogens (tertiary/aromatic N) is 4. The van der Waals surface area contributed by atoms with Crippen LogP contribution in [0.15, 0.2) is 6.33 Å². The second-order valence-electron chi connectivity index (χ2n) is 5.33. The van der Waals surface area contributed by atoms with Crippen molar-refractivity contribution in [3.63, 3.8) is 0 Å². The van der Waals surface area contributed by atoms with Crippen LogP contribution >= 0.6 is 8.25 Å². The lowest BCUT2D eigenvalue weighted by Crippen LogP contribution is -2.33. The zero-order chi connectivity index (χ0) is 17.6. The van der Waals surface area contributed by atoms with E-state index in [9.17, 15) is 19.9 Å². The third-order valence-electron chi connectivity index (χ3n) is 3.74. The molecule has 1 aliphatic heterocycles. The second-order valence-corrected chi connectivity index (χ2v) is 6.15. The van der Waals surface area contributed by atoms with Crippen molar-refractivity contribution in [3.8, 4) is 5.88 Å². The van der Waals surface area contributed by atoms with E-state index in [1.54, 1.807) is 7.05 Å². The highest BCUT2D eigenvalue weighted by atomic mass is 31.1. The van der Waals surface area contributed by atoms with Gasteiger partial charge in [-0.1, -0.05) is 0 Å². The minimum Gasteiger partial charge on any atom is -0.490 e. The van der Waals surface area contributed by atoms with Gasteiger partial charge in [-0.15, -0.1) is 0 Å². The van der Waals surface area contributed by atoms with E-state index in [-0.39, 0.29) is 29.6 Å². The largest absolute Gasteiger partial charge is 0.490 e. The van der Waals surface area contributed by atoms with E-state index in [0.717, 1.165) is 0 Å². The third-order valence-corrected chi connectivity index (χ3v) is 4.16. The number of imidazole rings is 1. The SMILES string of the molecule is C[n+]1cn([C@@H]2O[C@H](CO[PH](=O)O)C(O)[C@@H]2O)c2nc(N)nc(O)c21. The van der Waals surface area contributed by atoms with Crippen LogP contribution in [0.4, 0.5) is 5.95 Å². The Hall–Kier alpha value is -1.82. The number of fused-ring (bicyclic) bond motifs is 1. The van der Waals surface area contributed by atoms with Gasteiger partial charge in [0.1, 0.15) is 18.3 Å². The van der Waals surface area contributed by atoms with E-state index in [1.165, 1.54) is 15.5 Å². The fraction of sp³-hybridized carbons (Fsp3) is 0.545. The van der Waals surface area contributed by atoms with Crippen LogP contribution < -0.4 is 10.3 Å². The Balaban J connectivity index is 1.97. The molecule has 0 amide bonds. The monoisotopic (exact) mass is 362 g/mol. The van der Waals surface area contributed by atoms with Gasteiger partial charge in [0.15, 0.2) is 0 Å². The number of hydrogen-bond acceptors (Lipinski definition) is 9. The average molecular weight is 362 g/mol. The average Bonchev–Trinajstić information content (AvgIpc) is 2.96. The van der Waals surface area contributed by atoms with Crippen molar-refractivity contribution in [2.24, 2.45) is 7.05 Å². The molecule has 2 aromatic heterocycles. The van der Waals surface area contributed by atoms with Gasteiger partial charge in [0.25, 0.3) is 17.0 Å². The number of aromatic hydroxyl groups is 1. The molecule has 13 heteroatoms. The summed E-state index contributed by atoms with van der Waals surface area (Å²) in [5.74, 6) is -0.516. The molecule has 0 saturated carbocycles. The molecule has 3 rings (SSSR count). The topological polar surface area (TPSA) is 177 Å². The first-order valence-corrected chi connectivity index (χ1v) is 8.16. The third kappa shape index (κ3) is 2.83. The number of nitrogen functional groups attached to an aromatic ring is 1. The zero-order valence-corrected chi connectivity index (χ0v) is 13.5. The zero-order valence-electron chi connectivity index (χ0n) is 12.5. The predicted octanol–water partition coefficient (Wildman–Crippen LogP) is -2.44. The Bertz CT molecular complexity index is 799. The molecule has 0 aromatic carbocycles. The number of aromatic nitrogens is 4. The maximum Gasteiger partial charge on any atom is 0.316 e. The number of rotatable bonds is 4. The number of aliphatic hydroxyl groups excluding tert-OH is 2. The van der Waals surface area contributed by atoms with Crippen molar-refractivity contribution in [3.05, 3.63) is 6.33 Å². The molecule has 5 atom stereocenters. The lowest BCUT2D eigenvalue weighted by atomic mass is 10.1. The highest BCUT2D eigenvalue weighted by molar-refractivity contribution is 7.32. The van der Waals surface area contributed by atoms with Gasteiger partial charge in [-0.2, -0.15) is 14.5 Å². The fourth-order valence-electron chi connectivity index (χ4n) is 2.68. The van der Waals surface area contributed by atoms with Crippen molar-refractivity contribution < 1.29 is 38.6 Å². The van der Waals surface area contributed by atoms with E-state index < -0.39 is 32.8 Å². The van der Waals surface area contributed by atoms with Crippen LogP contribution in [0.3, 0.4) is 0 Å². The Labute approximate surface area is 135 Å². The highest BCUT2D eigenvalue weighted by Crippen LogP contribution is 2.33. The Morgan fingerprint density at radius 2 is 2.17 bits per heavy atom. The van der Waals surface area contributed by atoms with Crippen molar-refractivity contribution >= 4 is 25.4 Å². The molecule has 132 valence electrons. The smallest absolute Gasteiger partial charge is 0.316 e. The highest BCUT2D eigenvalue weighted by Gasteiger charge is 2.48. The van der Waals surface area contributed by atoms with Crippen LogP contribution in [0.25, 0.3) is 11.2 Å². The van der Waals surface area contributed by atoms with Crippen LogP contribution in [0.5, 0.6) is 5.88 Å². The summed E-state index contributed by atoms with van der Waals surface area (Å²) in [5.41, 5.74) is 5.98. The van der Waals surface area contributed by atoms with Gasteiger partial charge >= 0.3 is 8.25 Å². The summed E-state index contributed by atoms with van der Waals surface area (Å²) in [7, 11) is -1.57. The number of nitrogens with two attached hydrogens (primary N) is 1. The Kier molecular flexibility index (Phi) is 4.42. The van der Waals surface area contributed by atoms with Gasteiger partial charge in [-0.05, 0) is 0 Å². The van der Waals surface area contributed by atoms with E-state index in [4.69, 9.17) is 15.4 Å². The van der Waals surface area contributed by atoms with E-state index >= 15 is 0 Å². The molecule has 6 N–H and O–H groups in total. The standard InChI is InChI=1S/C11H16N5O7P/c1-15-3-16(8-5(15)9(19)14-11(12)13-8)10-7(18)6(17)4(23-10)2-22-24(20)21/h3-4,6-7,10,17-18,24H,2H2,1H3,(H3-,12,13,14,19,20,21)/p+1/t4-,6?,7+,10-/m1/s1. The molecule has 0 spiro atoms. The van der Waals surface area contributed by atoms with Gasteiger partial charge in [-0.3, -0.25) is 4.57 Å². The fourth-order valence-corrected chi connectivity index (χ4v) is 2.99. The molecule has 0 bridgehead atoms. The van der Waals surface area contributed by atoms with E-state index in [1.807, 2.05) is 0 Å². The molecule has 0 aliphatic carbocycles. The van der Waals surface area contributed by atoms with E-state index in [0.29, 0.717) is 0 Å². The lowest BCUT2D eigenvalue weighted by Gasteiger charge is -2.12. The molecule has 24 heavy (non-hydrogen) atoms. The number of ether oxygens (including phenoxy) is 1. The predicted molar refractivity (Wildman–Crippen MR) is 77.9 cm³/mol. The molecule has 1 aliphatic rings. The summed E-state index contributed by atoms with van der Waals surface area (Å²) in [6.45, 7) is -0.364. The van der Waals surface area contributed by atoms with Gasteiger partial charge in [-0.25, -0.2) is 4.57 Å². The van der Waals surface area contributed by atoms with Gasteiger partial charge in [0.2, 0.25) is 18.5 Å². The molecule has 2 aromatic rings. The summed E-state index contributed by atoms with van der Waals surface area (Å²) in [6, 6.07) is 0. The van der Waals surface area contributed by atoms with Gasteiger partial charge in [0.05, 0.1) is 13.7 Å². The molecule has 0 radical (unpaired) electrons. The molecular weight excluding hydrogens is 345 g/mol. The summed E-state index contributed by atoms with van der Waals surface area (Å²) in [5, 5.41) is 30.2. The van der Waals surface area contributed by atoms with E-state index in [2.05, 4.69) is 14.5 Å². The first-order valence-electron chi connectivity index (χ1n) is 6.89. The summed E-state index contributed by atoms with van der Waals surface area (Å²) in [6.07, 6.45) is -3.29. The molecule has 1 fully saturated rings. The Morgan fingerprint density at radius 1 is 1.46 bits per heavy atom. The first kappa shape index (κ1) is 17.0. The van der Waals surface area contributed by atoms with Crippen molar-refractivity contribution in [2.75, 3.05) is 12.3 Å². The van der Waals surface area contributed by atoms with Crippen molar-refractivity contribution in [1.29, 1.82) is 0 Å². The summed E-state index contributed by atoms with van der Waals surface area (Å²) >= 11 is 0. The minimum absolute atomic E-state index is 0.174. The number of aliphatic hydroxyl groups is 2. The maximum absolute atomic E-state index is 10.6. The van der Waals surface area contributed by atoms with Crippen LogP contribution in [0, 0.1) is 0 Å². The van der Waals surface area contributed by atoms with Crippen LogP contribution in [0.2, 0.25) is 0 Å². The molecule has 12 nitrogen and oxygen atoms in total. The van der Waals surface area contributed by atoms with Gasteiger partial charge in [0, 0.05) is 0 Å². The normalized spacial score (nSPS) is 28.5. The lowest BCUT2D eigenvalue weighted by molar-refractivity contribution is -0.646. The van der Waals surface area contributed by atoms with Crippen LogP contribution in [0.1, 0.15) is 6.23 Å². The molecule has 3 heterocycles. The molecule has 1 saturated heterocycles. The first-order chi connectivity index (χ1) is 11.3. The number of anilines is 1. The molecular formula is C11H17N5O7P+. The van der Waals surface area contributed by atoms with Crippen molar-refractivity contribution in [1.82, 2.24) is 14.5 Å². The minimum atomic E-state index is -3.19. The molecule has 2 unspecified atom stereocenters. The number of hydrogen-bond donors (Lipinski definition) is 5. The summed E-state index contributed by atoms with van der Waals surface area (Å²) in [4.78, 5) is 16.4. The maximum atomic E-state index is 10.6. The second kappa shape index (κ2) is 6.24. The van der Waals surface area contributed by atoms with Gasteiger partial charge < -0.3 is 35.2 Å².